The van der Waals surface area contributed by atoms with E-state index in [1.54, 1.807) is 5.57 Å². The first kappa shape index (κ1) is 13.7. The molecule has 0 nitrogen and oxygen atoms in total. The van der Waals surface area contributed by atoms with Crippen LogP contribution in [0, 0.1) is 0 Å². The Balaban J connectivity index is 3.69. The van der Waals surface area contributed by atoms with Gasteiger partial charge in [0.2, 0.25) is 0 Å². The monoisotopic (exact) mass is 196 g/mol. The summed E-state index contributed by atoms with van der Waals surface area (Å²) in [4.78, 5) is 0. The van der Waals surface area contributed by atoms with Gasteiger partial charge in [-0.05, 0) is 25.7 Å². The highest BCUT2D eigenvalue weighted by Crippen LogP contribution is 2.16. The third-order valence-corrected chi connectivity index (χ3v) is 2.66. The van der Waals surface area contributed by atoms with Gasteiger partial charge < -0.3 is 0 Å². The zero-order valence-corrected chi connectivity index (χ0v) is 10.4. The van der Waals surface area contributed by atoms with Gasteiger partial charge in [0, 0.05) is 0 Å². The van der Waals surface area contributed by atoms with Crippen LogP contribution in [0.4, 0.5) is 0 Å². The summed E-state index contributed by atoms with van der Waals surface area (Å²) in [6.07, 6.45) is 14.6. The van der Waals surface area contributed by atoms with Crippen molar-refractivity contribution in [2.75, 3.05) is 0 Å². The molecule has 0 saturated heterocycles. The largest absolute Gasteiger partial charge is 0.0853 e. The van der Waals surface area contributed by atoms with Crippen molar-refractivity contribution in [3.8, 4) is 0 Å². The topological polar surface area (TPSA) is 0 Å². The van der Waals surface area contributed by atoms with Gasteiger partial charge in [-0.15, -0.1) is 0 Å². The van der Waals surface area contributed by atoms with Crippen LogP contribution in [0.2, 0.25) is 0 Å². The molecule has 0 saturated carbocycles. The average Bonchev–Trinajstić information content (AvgIpc) is 2.18. The number of hydrogen-bond donors (Lipinski definition) is 0. The SMILES string of the molecule is CCCC/C=C(\CCC)CCCCC. The van der Waals surface area contributed by atoms with Gasteiger partial charge in [0.1, 0.15) is 0 Å². The van der Waals surface area contributed by atoms with E-state index in [1.165, 1.54) is 57.8 Å². The lowest BCUT2D eigenvalue weighted by molar-refractivity contribution is 0.685. The van der Waals surface area contributed by atoms with Gasteiger partial charge in [0.25, 0.3) is 0 Å². The standard InChI is InChI=1S/C14H28/c1-4-7-9-12-14(11-6-3)13-10-8-5-2/h12H,4-11,13H2,1-3H3/b14-12+. The van der Waals surface area contributed by atoms with Crippen LogP contribution in [0.5, 0.6) is 0 Å². The van der Waals surface area contributed by atoms with Crippen LogP contribution in [-0.4, -0.2) is 0 Å². The van der Waals surface area contributed by atoms with Crippen molar-refractivity contribution >= 4 is 0 Å². The lowest BCUT2D eigenvalue weighted by Gasteiger charge is -2.05. The second-order valence-electron chi connectivity index (χ2n) is 4.21. The van der Waals surface area contributed by atoms with E-state index in [-0.39, 0.29) is 0 Å². The highest BCUT2D eigenvalue weighted by molar-refractivity contribution is 5.01. The van der Waals surface area contributed by atoms with Crippen molar-refractivity contribution in [1.29, 1.82) is 0 Å². The van der Waals surface area contributed by atoms with E-state index >= 15 is 0 Å². The Kier molecular flexibility index (Phi) is 10.6. The van der Waals surface area contributed by atoms with Crippen LogP contribution >= 0.6 is 0 Å². The van der Waals surface area contributed by atoms with Gasteiger partial charge in [-0.2, -0.15) is 0 Å². The van der Waals surface area contributed by atoms with Crippen LogP contribution in [0.25, 0.3) is 0 Å². The number of hydrogen-bond acceptors (Lipinski definition) is 0. The molecule has 0 aliphatic carbocycles. The summed E-state index contributed by atoms with van der Waals surface area (Å²) in [5.74, 6) is 0. The highest BCUT2D eigenvalue weighted by atomic mass is 14.0. The molecular formula is C14H28. The van der Waals surface area contributed by atoms with Crippen molar-refractivity contribution in [3.63, 3.8) is 0 Å². The molecule has 0 aliphatic heterocycles. The quantitative estimate of drug-likeness (QED) is 0.338. The summed E-state index contributed by atoms with van der Waals surface area (Å²) in [5.41, 5.74) is 1.72. The fraction of sp³-hybridized carbons (Fsp3) is 0.857. The van der Waals surface area contributed by atoms with Crippen molar-refractivity contribution in [2.24, 2.45) is 0 Å². The smallest absolute Gasteiger partial charge is 0.0320 e. The highest BCUT2D eigenvalue weighted by Gasteiger charge is 1.95. The Morgan fingerprint density at radius 1 is 0.786 bits per heavy atom. The Labute approximate surface area is 90.8 Å². The molecule has 84 valence electrons. The zero-order valence-electron chi connectivity index (χ0n) is 10.4. The molecule has 0 rings (SSSR count). The van der Waals surface area contributed by atoms with Crippen molar-refractivity contribution in [1.82, 2.24) is 0 Å². The molecule has 0 heteroatoms. The van der Waals surface area contributed by atoms with E-state index in [1.807, 2.05) is 0 Å². The molecule has 0 aromatic heterocycles. The minimum atomic E-state index is 1.30. The number of rotatable bonds is 9. The third kappa shape index (κ3) is 8.34. The predicted octanol–water partition coefficient (Wildman–Crippen LogP) is 5.48. The lowest BCUT2D eigenvalue weighted by atomic mass is 10.0. The normalized spacial score (nSPS) is 12.1. The summed E-state index contributed by atoms with van der Waals surface area (Å²) < 4.78 is 0. The third-order valence-electron chi connectivity index (χ3n) is 2.66. The fourth-order valence-electron chi connectivity index (χ4n) is 1.76. The van der Waals surface area contributed by atoms with Crippen molar-refractivity contribution in [2.45, 2.75) is 78.6 Å². The van der Waals surface area contributed by atoms with E-state index in [4.69, 9.17) is 0 Å². The summed E-state index contributed by atoms with van der Waals surface area (Å²) in [6, 6.07) is 0. The van der Waals surface area contributed by atoms with Crippen molar-refractivity contribution < 1.29 is 0 Å². The molecule has 0 amide bonds. The molecule has 0 aromatic carbocycles. The maximum absolute atomic E-state index is 2.50. The lowest BCUT2D eigenvalue weighted by Crippen LogP contribution is -1.85. The van der Waals surface area contributed by atoms with Gasteiger partial charge in [-0.1, -0.05) is 64.5 Å². The van der Waals surface area contributed by atoms with Crippen molar-refractivity contribution in [3.05, 3.63) is 11.6 Å². The number of unbranched alkanes of at least 4 members (excludes halogenated alkanes) is 4. The molecular weight excluding hydrogens is 168 g/mol. The molecule has 0 atom stereocenters. The van der Waals surface area contributed by atoms with Crippen LogP contribution in [-0.2, 0) is 0 Å². The van der Waals surface area contributed by atoms with Gasteiger partial charge in [-0.3, -0.25) is 0 Å². The van der Waals surface area contributed by atoms with E-state index < -0.39 is 0 Å². The Morgan fingerprint density at radius 2 is 1.50 bits per heavy atom. The summed E-state index contributed by atoms with van der Waals surface area (Å²) in [6.45, 7) is 6.83. The van der Waals surface area contributed by atoms with Gasteiger partial charge in [-0.25, -0.2) is 0 Å². The Hall–Kier alpha value is -0.260. The predicted molar refractivity (Wildman–Crippen MR) is 66.7 cm³/mol. The molecule has 0 heterocycles. The molecule has 0 aliphatic rings. The maximum Gasteiger partial charge on any atom is -0.0320 e. The number of allylic oxidation sites excluding steroid dienone is 2. The van der Waals surface area contributed by atoms with Gasteiger partial charge in [0.15, 0.2) is 0 Å². The van der Waals surface area contributed by atoms with Gasteiger partial charge in [0.05, 0.1) is 0 Å². The van der Waals surface area contributed by atoms with Crippen LogP contribution in [0.3, 0.4) is 0 Å². The average molecular weight is 196 g/mol. The Bertz CT molecular complexity index is 133. The summed E-state index contributed by atoms with van der Waals surface area (Å²) in [5, 5.41) is 0. The van der Waals surface area contributed by atoms with Gasteiger partial charge >= 0.3 is 0 Å². The second-order valence-corrected chi connectivity index (χ2v) is 4.21. The second kappa shape index (κ2) is 10.8. The van der Waals surface area contributed by atoms with Crippen LogP contribution in [0.1, 0.15) is 78.6 Å². The first-order valence-corrected chi connectivity index (χ1v) is 6.53. The van der Waals surface area contributed by atoms with Crippen LogP contribution < -0.4 is 0 Å². The fourth-order valence-corrected chi connectivity index (χ4v) is 1.76. The first-order chi connectivity index (χ1) is 6.85. The molecule has 0 spiro atoms. The molecule has 0 aromatic rings. The minimum Gasteiger partial charge on any atom is -0.0853 e. The maximum atomic E-state index is 2.50. The zero-order chi connectivity index (χ0) is 10.6. The molecule has 0 unspecified atom stereocenters. The molecule has 0 radical (unpaired) electrons. The molecule has 0 N–H and O–H groups in total. The molecule has 0 fully saturated rings. The minimum absolute atomic E-state index is 1.30. The van der Waals surface area contributed by atoms with Crippen LogP contribution in [0.15, 0.2) is 11.6 Å². The first-order valence-electron chi connectivity index (χ1n) is 6.53. The summed E-state index contributed by atoms with van der Waals surface area (Å²) in [7, 11) is 0. The van der Waals surface area contributed by atoms with E-state index in [2.05, 4.69) is 26.8 Å². The Morgan fingerprint density at radius 3 is 2.07 bits per heavy atom. The van der Waals surface area contributed by atoms with E-state index in [0.717, 1.165) is 0 Å². The summed E-state index contributed by atoms with van der Waals surface area (Å²) >= 11 is 0. The molecule has 0 bridgehead atoms. The van der Waals surface area contributed by atoms with E-state index in [0.29, 0.717) is 0 Å². The molecule has 14 heavy (non-hydrogen) atoms. The van der Waals surface area contributed by atoms with E-state index in [9.17, 15) is 0 Å².